The Kier molecular flexibility index (Phi) is 5.53. The summed E-state index contributed by atoms with van der Waals surface area (Å²) in [5, 5.41) is 12.6. The molecule has 0 amide bonds. The fourth-order valence-corrected chi connectivity index (χ4v) is 5.87. The SMILES string of the molecule is COc1ccc([C@H]2Nc3ccc(S(=O)(=O)Nc4ccc(C(=O)O)cc4)cc3[C@H]3C=CC[C@H]32)cc1. The van der Waals surface area contributed by atoms with Crippen molar-refractivity contribution in [2.24, 2.45) is 5.92 Å². The Bertz CT molecular complexity index is 1370. The highest BCUT2D eigenvalue weighted by molar-refractivity contribution is 7.92. The van der Waals surface area contributed by atoms with E-state index in [1.54, 1.807) is 19.2 Å². The number of sulfonamides is 1. The molecule has 0 spiro atoms. The predicted octanol–water partition coefficient (Wildman–Crippen LogP) is 5.02. The van der Waals surface area contributed by atoms with Crippen LogP contribution in [0.3, 0.4) is 0 Å². The third-order valence-electron chi connectivity index (χ3n) is 6.50. The molecule has 8 heteroatoms. The number of allylic oxidation sites excluding steroid dienone is 2. The number of ether oxygens (including phenoxy) is 1. The van der Waals surface area contributed by atoms with Crippen molar-refractivity contribution in [3.8, 4) is 5.75 Å². The number of aromatic carboxylic acids is 1. The molecule has 3 atom stereocenters. The van der Waals surface area contributed by atoms with E-state index in [0.29, 0.717) is 5.69 Å². The molecule has 0 bridgehead atoms. The van der Waals surface area contributed by atoms with Gasteiger partial charge in [-0.25, -0.2) is 13.2 Å². The maximum absolute atomic E-state index is 13.1. The maximum atomic E-state index is 13.1. The van der Waals surface area contributed by atoms with Crippen LogP contribution in [-0.4, -0.2) is 26.6 Å². The van der Waals surface area contributed by atoms with Crippen LogP contribution >= 0.6 is 0 Å². The lowest BCUT2D eigenvalue weighted by atomic mass is 9.77. The third kappa shape index (κ3) is 4.01. The Balaban J connectivity index is 1.43. The molecule has 0 fully saturated rings. The lowest BCUT2D eigenvalue weighted by molar-refractivity contribution is 0.0697. The van der Waals surface area contributed by atoms with Crippen molar-refractivity contribution in [3.05, 3.63) is 95.6 Å². The van der Waals surface area contributed by atoms with E-state index in [1.165, 1.54) is 24.3 Å². The predicted molar refractivity (Wildman–Crippen MR) is 130 cm³/mol. The van der Waals surface area contributed by atoms with Gasteiger partial charge in [0.1, 0.15) is 5.75 Å². The van der Waals surface area contributed by atoms with Crippen molar-refractivity contribution < 1.29 is 23.1 Å². The average molecular weight is 477 g/mol. The lowest BCUT2D eigenvalue weighted by Crippen LogP contribution is -2.29. The molecular formula is C26H24N2O5S. The summed E-state index contributed by atoms with van der Waals surface area (Å²) in [7, 11) is -2.20. The van der Waals surface area contributed by atoms with Crippen LogP contribution in [0.5, 0.6) is 5.75 Å². The molecule has 5 rings (SSSR count). The zero-order valence-corrected chi connectivity index (χ0v) is 19.2. The minimum Gasteiger partial charge on any atom is -0.497 e. The number of rotatable bonds is 6. The van der Waals surface area contributed by atoms with Crippen LogP contribution in [0.15, 0.2) is 83.8 Å². The van der Waals surface area contributed by atoms with Crippen LogP contribution in [0.25, 0.3) is 0 Å². The molecule has 3 aromatic carbocycles. The Hall–Kier alpha value is -3.78. The number of hydrogen-bond acceptors (Lipinski definition) is 5. The summed E-state index contributed by atoms with van der Waals surface area (Å²) in [6.07, 6.45) is 5.22. The van der Waals surface area contributed by atoms with Gasteiger partial charge in [0.05, 0.1) is 23.6 Å². The average Bonchev–Trinajstić information content (AvgIpc) is 3.34. The van der Waals surface area contributed by atoms with Gasteiger partial charge in [-0.05, 0) is 78.1 Å². The Labute approximate surface area is 198 Å². The van der Waals surface area contributed by atoms with Crippen molar-refractivity contribution >= 4 is 27.4 Å². The zero-order valence-electron chi connectivity index (χ0n) is 18.4. The number of carbonyl (C=O) groups is 1. The van der Waals surface area contributed by atoms with E-state index in [0.717, 1.165) is 29.0 Å². The number of anilines is 2. The van der Waals surface area contributed by atoms with Crippen LogP contribution < -0.4 is 14.8 Å². The van der Waals surface area contributed by atoms with Crippen LogP contribution in [0.1, 0.15) is 39.9 Å². The Morgan fingerprint density at radius 1 is 1.06 bits per heavy atom. The molecule has 2 aliphatic rings. The monoisotopic (exact) mass is 476 g/mol. The van der Waals surface area contributed by atoms with Crippen molar-refractivity contribution in [1.29, 1.82) is 0 Å². The quantitative estimate of drug-likeness (QED) is 0.432. The van der Waals surface area contributed by atoms with Gasteiger partial charge in [0.15, 0.2) is 0 Å². The molecule has 1 aliphatic heterocycles. The molecule has 1 heterocycles. The van der Waals surface area contributed by atoms with Gasteiger partial charge in [-0.2, -0.15) is 0 Å². The fourth-order valence-electron chi connectivity index (χ4n) is 4.78. The molecular weight excluding hydrogens is 452 g/mol. The summed E-state index contributed by atoms with van der Waals surface area (Å²) >= 11 is 0. The highest BCUT2D eigenvalue weighted by Crippen LogP contribution is 2.50. The first-order valence-corrected chi connectivity index (χ1v) is 12.4. The van der Waals surface area contributed by atoms with Crippen LogP contribution in [0.2, 0.25) is 0 Å². The number of benzene rings is 3. The molecule has 34 heavy (non-hydrogen) atoms. The number of hydrogen-bond donors (Lipinski definition) is 3. The van der Waals surface area contributed by atoms with Gasteiger partial charge in [-0.3, -0.25) is 4.72 Å². The van der Waals surface area contributed by atoms with E-state index in [4.69, 9.17) is 9.84 Å². The first-order chi connectivity index (χ1) is 16.4. The van der Waals surface area contributed by atoms with Gasteiger partial charge in [0, 0.05) is 17.3 Å². The first-order valence-electron chi connectivity index (χ1n) is 10.9. The fraction of sp³-hybridized carbons (Fsp3) is 0.192. The van der Waals surface area contributed by atoms with E-state index in [1.807, 2.05) is 18.2 Å². The summed E-state index contributed by atoms with van der Waals surface area (Å²) in [5.74, 6) is 0.119. The summed E-state index contributed by atoms with van der Waals surface area (Å²) in [6.45, 7) is 0. The second-order valence-corrected chi connectivity index (χ2v) is 10.2. The minimum atomic E-state index is -3.85. The van der Waals surface area contributed by atoms with E-state index >= 15 is 0 Å². The summed E-state index contributed by atoms with van der Waals surface area (Å²) in [4.78, 5) is 11.2. The summed E-state index contributed by atoms with van der Waals surface area (Å²) < 4.78 is 34.0. The van der Waals surface area contributed by atoms with Crippen molar-refractivity contribution in [2.75, 3.05) is 17.1 Å². The molecule has 0 saturated carbocycles. The highest BCUT2D eigenvalue weighted by atomic mass is 32.2. The molecule has 174 valence electrons. The number of nitrogens with one attached hydrogen (secondary N) is 2. The molecule has 0 unspecified atom stereocenters. The third-order valence-corrected chi connectivity index (χ3v) is 7.88. The minimum absolute atomic E-state index is 0.0910. The molecule has 3 N–H and O–H groups in total. The topological polar surface area (TPSA) is 105 Å². The highest BCUT2D eigenvalue weighted by Gasteiger charge is 2.38. The molecule has 0 aromatic heterocycles. The maximum Gasteiger partial charge on any atom is 0.335 e. The standard InChI is InChI=1S/C26H24N2O5S/c1-33-19-11-7-16(8-12-19)25-22-4-2-3-21(22)23-15-20(13-14-24(23)27-25)34(31,32)28-18-9-5-17(6-10-18)26(29)30/h2-3,5-15,21-22,25,27-28H,4H2,1H3,(H,29,30)/t21-,22+,25+/m0/s1. The number of methoxy groups -OCH3 is 1. The van der Waals surface area contributed by atoms with Gasteiger partial charge >= 0.3 is 5.97 Å². The van der Waals surface area contributed by atoms with E-state index < -0.39 is 16.0 Å². The molecule has 7 nitrogen and oxygen atoms in total. The van der Waals surface area contributed by atoms with E-state index in [2.05, 4.69) is 34.3 Å². The van der Waals surface area contributed by atoms with E-state index in [9.17, 15) is 13.2 Å². The molecule has 1 aliphatic carbocycles. The van der Waals surface area contributed by atoms with Gasteiger partial charge in [0.25, 0.3) is 10.0 Å². The van der Waals surface area contributed by atoms with E-state index in [-0.39, 0.29) is 28.3 Å². The summed E-state index contributed by atoms with van der Waals surface area (Å²) in [5.41, 5.74) is 3.42. The largest absolute Gasteiger partial charge is 0.497 e. The Morgan fingerprint density at radius 2 is 1.79 bits per heavy atom. The second kappa shape index (κ2) is 8.53. The molecule has 0 radical (unpaired) electrons. The zero-order chi connectivity index (χ0) is 23.9. The normalized spacial score (nSPS) is 20.7. The first kappa shape index (κ1) is 22.0. The Morgan fingerprint density at radius 3 is 2.47 bits per heavy atom. The smallest absolute Gasteiger partial charge is 0.335 e. The van der Waals surface area contributed by atoms with Gasteiger partial charge in [0.2, 0.25) is 0 Å². The molecule has 3 aromatic rings. The van der Waals surface area contributed by atoms with Gasteiger partial charge in [-0.1, -0.05) is 24.3 Å². The van der Waals surface area contributed by atoms with Crippen LogP contribution in [0.4, 0.5) is 11.4 Å². The van der Waals surface area contributed by atoms with Gasteiger partial charge in [-0.15, -0.1) is 0 Å². The van der Waals surface area contributed by atoms with Crippen molar-refractivity contribution in [1.82, 2.24) is 0 Å². The molecule has 0 saturated heterocycles. The van der Waals surface area contributed by atoms with Crippen molar-refractivity contribution in [2.45, 2.75) is 23.3 Å². The number of fused-ring (bicyclic) bond motifs is 3. The second-order valence-electron chi connectivity index (χ2n) is 8.49. The summed E-state index contributed by atoms with van der Waals surface area (Å²) in [6, 6.07) is 18.9. The van der Waals surface area contributed by atoms with Crippen molar-refractivity contribution in [3.63, 3.8) is 0 Å². The van der Waals surface area contributed by atoms with Crippen LogP contribution in [-0.2, 0) is 10.0 Å². The van der Waals surface area contributed by atoms with Gasteiger partial charge < -0.3 is 15.2 Å². The lowest BCUT2D eigenvalue weighted by Gasteiger charge is -2.37. The number of carboxylic acids is 1. The van der Waals surface area contributed by atoms with Crippen LogP contribution in [0, 0.1) is 5.92 Å². The number of carboxylic acid groups (broad SMARTS) is 1.